The summed E-state index contributed by atoms with van der Waals surface area (Å²) in [6.07, 6.45) is 3.35. The molecule has 2 N–H and O–H groups in total. The van der Waals surface area contributed by atoms with Crippen molar-refractivity contribution in [3.8, 4) is 0 Å². The predicted molar refractivity (Wildman–Crippen MR) is 81.2 cm³/mol. The van der Waals surface area contributed by atoms with E-state index in [2.05, 4.69) is 27.3 Å². The molecule has 21 heavy (non-hydrogen) atoms. The minimum Gasteiger partial charge on any atom is -0.339 e. The summed E-state index contributed by atoms with van der Waals surface area (Å²) in [6, 6.07) is 0.497. The number of aromatic nitrogens is 2. The first-order valence-electron chi connectivity index (χ1n) is 7.97. The first-order valence-corrected chi connectivity index (χ1v) is 7.97. The lowest BCUT2D eigenvalue weighted by molar-refractivity contribution is 0.0747. The van der Waals surface area contributed by atoms with E-state index in [-0.39, 0.29) is 5.91 Å². The minimum absolute atomic E-state index is 0.0409. The van der Waals surface area contributed by atoms with Crippen molar-refractivity contribution in [3.05, 3.63) is 17.0 Å². The van der Waals surface area contributed by atoms with Gasteiger partial charge in [0.1, 0.15) is 0 Å². The second kappa shape index (κ2) is 6.15. The van der Waals surface area contributed by atoms with Crippen LogP contribution in [0.3, 0.4) is 0 Å². The maximum Gasteiger partial charge on any atom is 0.274 e. The third kappa shape index (κ3) is 2.82. The maximum atomic E-state index is 12.7. The van der Waals surface area contributed by atoms with Gasteiger partial charge >= 0.3 is 0 Å². The quantitative estimate of drug-likeness (QED) is 0.853. The summed E-state index contributed by atoms with van der Waals surface area (Å²) in [5, 5.41) is 10.6. The van der Waals surface area contributed by atoms with E-state index in [1.807, 2.05) is 11.9 Å². The van der Waals surface area contributed by atoms with Crippen molar-refractivity contribution >= 4 is 5.91 Å². The molecule has 116 valence electrons. The van der Waals surface area contributed by atoms with Crippen LogP contribution in [0.2, 0.25) is 0 Å². The summed E-state index contributed by atoms with van der Waals surface area (Å²) in [5.41, 5.74) is 2.76. The number of likely N-dealkylation sites (tertiary alicyclic amines) is 1. The fourth-order valence-corrected chi connectivity index (χ4v) is 3.50. The van der Waals surface area contributed by atoms with E-state index in [0.717, 1.165) is 50.4 Å². The van der Waals surface area contributed by atoms with Crippen LogP contribution < -0.4 is 5.32 Å². The van der Waals surface area contributed by atoms with Gasteiger partial charge in [-0.05, 0) is 25.9 Å². The third-order valence-corrected chi connectivity index (χ3v) is 4.75. The monoisotopic (exact) mass is 291 g/mol. The van der Waals surface area contributed by atoms with Gasteiger partial charge in [-0.15, -0.1) is 0 Å². The molecular weight excluding hydrogens is 266 g/mol. The number of carbonyl (C=O) groups excluding carboxylic acids is 1. The molecule has 2 aliphatic heterocycles. The van der Waals surface area contributed by atoms with Gasteiger partial charge in [0.05, 0.1) is 0 Å². The lowest BCUT2D eigenvalue weighted by atomic mass is 10.1. The van der Waals surface area contributed by atoms with E-state index in [1.165, 1.54) is 12.8 Å². The second-order valence-electron chi connectivity index (χ2n) is 6.07. The Morgan fingerprint density at radius 1 is 1.52 bits per heavy atom. The van der Waals surface area contributed by atoms with Gasteiger partial charge in [0.2, 0.25) is 0 Å². The highest BCUT2D eigenvalue weighted by atomic mass is 16.2. The predicted octanol–water partition coefficient (Wildman–Crippen LogP) is 0.612. The number of likely N-dealkylation sites (N-methyl/N-ethyl adjacent to an activating group) is 2. The molecule has 1 atom stereocenters. The molecule has 1 fully saturated rings. The lowest BCUT2D eigenvalue weighted by Crippen LogP contribution is -2.41. The molecule has 1 amide bonds. The van der Waals surface area contributed by atoms with Crippen molar-refractivity contribution in [1.82, 2.24) is 25.3 Å². The van der Waals surface area contributed by atoms with E-state index in [0.29, 0.717) is 11.7 Å². The zero-order valence-electron chi connectivity index (χ0n) is 13.0. The van der Waals surface area contributed by atoms with Crippen LogP contribution in [0.1, 0.15) is 41.5 Å². The number of rotatable bonds is 4. The highest BCUT2D eigenvalue weighted by Crippen LogP contribution is 2.20. The molecule has 0 radical (unpaired) electrons. The molecular formula is C15H25N5O. The average molecular weight is 291 g/mol. The topological polar surface area (TPSA) is 64.3 Å². The standard InChI is InChI=1S/C15H25N5O/c1-3-20-8-4-5-11(20)10-19(2)15(21)14-12-9-16-7-6-13(12)17-18-14/h11,16H,3-10H2,1-2H3,(H,17,18). The van der Waals surface area contributed by atoms with Crippen LogP contribution in [-0.2, 0) is 13.0 Å². The first kappa shape index (κ1) is 14.5. The van der Waals surface area contributed by atoms with E-state index in [1.54, 1.807) is 0 Å². The van der Waals surface area contributed by atoms with Gasteiger partial charge in [0.25, 0.3) is 5.91 Å². The summed E-state index contributed by atoms with van der Waals surface area (Å²) in [5.74, 6) is 0.0409. The zero-order chi connectivity index (χ0) is 14.8. The number of aromatic amines is 1. The molecule has 0 bridgehead atoms. The largest absolute Gasteiger partial charge is 0.339 e. The molecule has 1 saturated heterocycles. The SMILES string of the molecule is CCN1CCCC1CN(C)C(=O)c1n[nH]c2c1CNCC2. The van der Waals surface area contributed by atoms with E-state index in [9.17, 15) is 4.79 Å². The average Bonchev–Trinajstić information content (AvgIpc) is 3.12. The van der Waals surface area contributed by atoms with E-state index >= 15 is 0 Å². The van der Waals surface area contributed by atoms with Crippen LogP contribution in [0.15, 0.2) is 0 Å². The van der Waals surface area contributed by atoms with Crippen LogP contribution >= 0.6 is 0 Å². The van der Waals surface area contributed by atoms with E-state index < -0.39 is 0 Å². The molecule has 2 aliphatic rings. The molecule has 6 nitrogen and oxygen atoms in total. The van der Waals surface area contributed by atoms with Gasteiger partial charge in [0, 0.05) is 50.4 Å². The Labute approximate surface area is 125 Å². The Balaban J connectivity index is 1.68. The molecule has 1 aromatic rings. The van der Waals surface area contributed by atoms with Crippen LogP contribution in [0.4, 0.5) is 0 Å². The molecule has 3 heterocycles. The molecule has 0 aliphatic carbocycles. The fourth-order valence-electron chi connectivity index (χ4n) is 3.50. The Kier molecular flexibility index (Phi) is 4.26. The number of fused-ring (bicyclic) bond motifs is 1. The molecule has 3 rings (SSSR count). The molecule has 1 unspecified atom stereocenters. The highest BCUT2D eigenvalue weighted by molar-refractivity contribution is 5.93. The van der Waals surface area contributed by atoms with Crippen molar-refractivity contribution in [3.63, 3.8) is 0 Å². The number of carbonyl (C=O) groups is 1. The summed E-state index contributed by atoms with van der Waals surface area (Å²) < 4.78 is 0. The van der Waals surface area contributed by atoms with Crippen molar-refractivity contribution < 1.29 is 4.79 Å². The number of hydrogen-bond acceptors (Lipinski definition) is 4. The normalized spacial score (nSPS) is 22.3. The zero-order valence-corrected chi connectivity index (χ0v) is 13.0. The number of nitrogens with zero attached hydrogens (tertiary/aromatic N) is 3. The third-order valence-electron chi connectivity index (χ3n) is 4.75. The smallest absolute Gasteiger partial charge is 0.274 e. The number of amides is 1. The minimum atomic E-state index is 0.0409. The summed E-state index contributed by atoms with van der Waals surface area (Å²) in [7, 11) is 1.89. The molecule has 1 aromatic heterocycles. The van der Waals surface area contributed by atoms with Crippen LogP contribution in [0, 0.1) is 0 Å². The van der Waals surface area contributed by atoms with Crippen molar-refractivity contribution in [1.29, 1.82) is 0 Å². The van der Waals surface area contributed by atoms with E-state index in [4.69, 9.17) is 0 Å². The summed E-state index contributed by atoms with van der Waals surface area (Å²) >= 11 is 0. The summed E-state index contributed by atoms with van der Waals surface area (Å²) in [4.78, 5) is 17.0. The van der Waals surface area contributed by atoms with Crippen LogP contribution in [0.5, 0.6) is 0 Å². The van der Waals surface area contributed by atoms with Crippen molar-refractivity contribution in [2.24, 2.45) is 0 Å². The van der Waals surface area contributed by atoms with Crippen LogP contribution in [0.25, 0.3) is 0 Å². The Hall–Kier alpha value is -1.40. The van der Waals surface area contributed by atoms with Gasteiger partial charge in [-0.3, -0.25) is 14.8 Å². The lowest BCUT2D eigenvalue weighted by Gasteiger charge is -2.27. The van der Waals surface area contributed by atoms with Crippen molar-refractivity contribution in [2.45, 2.75) is 38.8 Å². The van der Waals surface area contributed by atoms with Crippen LogP contribution in [-0.4, -0.2) is 65.2 Å². The van der Waals surface area contributed by atoms with Gasteiger partial charge < -0.3 is 10.2 Å². The van der Waals surface area contributed by atoms with Gasteiger partial charge in [-0.25, -0.2) is 0 Å². The number of H-pyrrole nitrogens is 1. The van der Waals surface area contributed by atoms with Crippen molar-refractivity contribution in [2.75, 3.05) is 33.2 Å². The van der Waals surface area contributed by atoms with Gasteiger partial charge in [-0.1, -0.05) is 6.92 Å². The Morgan fingerprint density at radius 2 is 2.38 bits per heavy atom. The Bertz CT molecular complexity index is 512. The maximum absolute atomic E-state index is 12.7. The summed E-state index contributed by atoms with van der Waals surface area (Å²) in [6.45, 7) is 6.90. The number of hydrogen-bond donors (Lipinski definition) is 2. The first-order chi connectivity index (χ1) is 10.2. The fraction of sp³-hybridized carbons (Fsp3) is 0.733. The van der Waals surface area contributed by atoms with Gasteiger partial charge in [0.15, 0.2) is 5.69 Å². The highest BCUT2D eigenvalue weighted by Gasteiger charge is 2.28. The molecule has 0 saturated carbocycles. The van der Waals surface area contributed by atoms with Gasteiger partial charge in [-0.2, -0.15) is 5.10 Å². The second-order valence-corrected chi connectivity index (χ2v) is 6.07. The number of nitrogens with one attached hydrogen (secondary N) is 2. The molecule has 0 spiro atoms. The molecule has 0 aromatic carbocycles. The molecule has 6 heteroatoms. The Morgan fingerprint density at radius 3 is 3.19 bits per heavy atom.